The van der Waals surface area contributed by atoms with Gasteiger partial charge in [-0.3, -0.25) is 9.36 Å². The van der Waals surface area contributed by atoms with E-state index in [9.17, 15) is 4.79 Å². The van der Waals surface area contributed by atoms with Gasteiger partial charge in [0.25, 0.3) is 0 Å². The lowest BCUT2D eigenvalue weighted by Crippen LogP contribution is -2.15. The lowest BCUT2D eigenvalue weighted by molar-refractivity contribution is -0.113. The van der Waals surface area contributed by atoms with Crippen molar-refractivity contribution in [2.75, 3.05) is 11.1 Å². The molecule has 0 saturated carbocycles. The van der Waals surface area contributed by atoms with Gasteiger partial charge in [-0.05, 0) is 49.7 Å². The number of hydrogen-bond acceptors (Lipinski definition) is 5. The second-order valence-electron chi connectivity index (χ2n) is 7.13. The summed E-state index contributed by atoms with van der Waals surface area (Å²) in [5, 5.41) is 12.9. The van der Waals surface area contributed by atoms with E-state index in [-0.39, 0.29) is 11.7 Å². The van der Waals surface area contributed by atoms with Crippen molar-refractivity contribution in [3.8, 4) is 11.4 Å². The number of carbonyl (C=O) groups excluding carboxylic acids is 1. The molecule has 4 rings (SSSR count). The minimum absolute atomic E-state index is 0.125. The van der Waals surface area contributed by atoms with Crippen LogP contribution in [0.2, 0.25) is 5.02 Å². The van der Waals surface area contributed by atoms with E-state index in [2.05, 4.69) is 15.5 Å². The van der Waals surface area contributed by atoms with E-state index in [1.165, 1.54) is 17.3 Å². The first kappa shape index (κ1) is 21.2. The molecule has 1 N–H and O–H groups in total. The zero-order valence-corrected chi connectivity index (χ0v) is 18.7. The summed E-state index contributed by atoms with van der Waals surface area (Å²) in [5.74, 6) is 1.59. The number of furan rings is 1. The standard InChI is InChI=1S/C23H21ClN4O2S/c1-15-5-7-17(8-6-15)22-26-27-23(28(22)13-19-4-3-11-30-19)31-14-21(29)25-20-10-9-18(24)12-16(20)2/h3-12H,13-14H2,1-2H3,(H,25,29). The number of nitrogens with zero attached hydrogens (tertiary/aromatic N) is 3. The van der Waals surface area contributed by atoms with Gasteiger partial charge in [0.15, 0.2) is 11.0 Å². The fraction of sp³-hybridized carbons (Fsp3) is 0.174. The van der Waals surface area contributed by atoms with Gasteiger partial charge in [0.2, 0.25) is 5.91 Å². The largest absolute Gasteiger partial charge is 0.467 e. The zero-order valence-electron chi connectivity index (χ0n) is 17.1. The number of hydrogen-bond donors (Lipinski definition) is 1. The van der Waals surface area contributed by atoms with Crippen LogP contribution in [-0.4, -0.2) is 26.4 Å². The van der Waals surface area contributed by atoms with Gasteiger partial charge in [-0.2, -0.15) is 0 Å². The van der Waals surface area contributed by atoms with E-state index in [1.807, 2.05) is 60.9 Å². The molecule has 0 saturated heterocycles. The molecular formula is C23H21ClN4O2S. The monoisotopic (exact) mass is 452 g/mol. The summed E-state index contributed by atoms with van der Waals surface area (Å²) < 4.78 is 7.49. The van der Waals surface area contributed by atoms with E-state index in [0.29, 0.717) is 16.7 Å². The molecule has 0 aliphatic heterocycles. The van der Waals surface area contributed by atoms with Crippen LogP contribution in [0, 0.1) is 13.8 Å². The van der Waals surface area contributed by atoms with Crippen molar-refractivity contribution < 1.29 is 9.21 Å². The molecule has 0 spiro atoms. The zero-order chi connectivity index (χ0) is 21.8. The van der Waals surface area contributed by atoms with Crippen LogP contribution in [0.5, 0.6) is 0 Å². The summed E-state index contributed by atoms with van der Waals surface area (Å²) in [6.07, 6.45) is 1.64. The van der Waals surface area contributed by atoms with Gasteiger partial charge in [0.05, 0.1) is 18.6 Å². The SMILES string of the molecule is Cc1ccc(-c2nnc(SCC(=O)Nc3ccc(Cl)cc3C)n2Cc2ccco2)cc1. The Morgan fingerprint density at radius 1 is 1.13 bits per heavy atom. The summed E-state index contributed by atoms with van der Waals surface area (Å²) in [7, 11) is 0. The number of halogens is 1. The second kappa shape index (κ2) is 9.41. The normalized spacial score (nSPS) is 10.9. The first-order valence-electron chi connectivity index (χ1n) is 9.71. The number of benzene rings is 2. The van der Waals surface area contributed by atoms with Crippen LogP contribution in [0.3, 0.4) is 0 Å². The summed E-state index contributed by atoms with van der Waals surface area (Å²) in [4.78, 5) is 12.5. The highest BCUT2D eigenvalue weighted by molar-refractivity contribution is 7.99. The van der Waals surface area contributed by atoms with Gasteiger partial charge in [0.1, 0.15) is 5.76 Å². The Balaban J connectivity index is 1.53. The van der Waals surface area contributed by atoms with Crippen LogP contribution < -0.4 is 5.32 Å². The highest BCUT2D eigenvalue weighted by Crippen LogP contribution is 2.26. The molecular weight excluding hydrogens is 432 g/mol. The van der Waals surface area contributed by atoms with Crippen molar-refractivity contribution in [1.82, 2.24) is 14.8 Å². The molecule has 2 heterocycles. The van der Waals surface area contributed by atoms with Gasteiger partial charge in [-0.25, -0.2) is 0 Å². The van der Waals surface area contributed by atoms with Gasteiger partial charge in [0, 0.05) is 16.3 Å². The predicted molar refractivity (Wildman–Crippen MR) is 124 cm³/mol. The Hall–Kier alpha value is -3.03. The van der Waals surface area contributed by atoms with Crippen LogP contribution in [0.15, 0.2) is 70.4 Å². The average molecular weight is 453 g/mol. The third-order valence-electron chi connectivity index (χ3n) is 4.72. The molecule has 4 aromatic rings. The molecule has 6 nitrogen and oxygen atoms in total. The minimum Gasteiger partial charge on any atom is -0.467 e. The van der Waals surface area contributed by atoms with Crippen molar-refractivity contribution in [3.63, 3.8) is 0 Å². The molecule has 31 heavy (non-hydrogen) atoms. The molecule has 0 radical (unpaired) electrons. The Bertz CT molecular complexity index is 1190. The highest BCUT2D eigenvalue weighted by Gasteiger charge is 2.17. The summed E-state index contributed by atoms with van der Waals surface area (Å²) >= 11 is 7.32. The molecule has 0 fully saturated rings. The van der Waals surface area contributed by atoms with Crippen molar-refractivity contribution in [2.45, 2.75) is 25.5 Å². The summed E-state index contributed by atoms with van der Waals surface area (Å²) in [5.41, 5.74) is 3.78. The first-order chi connectivity index (χ1) is 15.0. The number of nitrogens with one attached hydrogen (secondary N) is 1. The Morgan fingerprint density at radius 3 is 2.65 bits per heavy atom. The topological polar surface area (TPSA) is 73.0 Å². The first-order valence-corrected chi connectivity index (χ1v) is 11.1. The van der Waals surface area contributed by atoms with Crippen LogP contribution in [0.4, 0.5) is 5.69 Å². The number of anilines is 1. The number of rotatable bonds is 7. The molecule has 0 aliphatic rings. The Labute approximate surface area is 189 Å². The van der Waals surface area contributed by atoms with E-state index in [4.69, 9.17) is 16.0 Å². The Kier molecular flexibility index (Phi) is 6.44. The van der Waals surface area contributed by atoms with E-state index in [1.54, 1.807) is 18.4 Å². The van der Waals surface area contributed by atoms with Gasteiger partial charge in [-0.1, -0.05) is 53.2 Å². The van der Waals surface area contributed by atoms with E-state index < -0.39 is 0 Å². The molecule has 2 aromatic heterocycles. The number of aryl methyl sites for hydroxylation is 2. The molecule has 2 aromatic carbocycles. The molecule has 0 unspecified atom stereocenters. The number of thioether (sulfide) groups is 1. The van der Waals surface area contributed by atoms with Gasteiger partial charge >= 0.3 is 0 Å². The molecule has 1 amide bonds. The summed E-state index contributed by atoms with van der Waals surface area (Å²) in [6, 6.07) is 17.2. The van der Waals surface area contributed by atoms with Crippen molar-refractivity contribution >= 4 is 35.0 Å². The summed E-state index contributed by atoms with van der Waals surface area (Å²) in [6.45, 7) is 4.42. The molecule has 158 valence electrons. The maximum Gasteiger partial charge on any atom is 0.234 e. The number of amides is 1. The highest BCUT2D eigenvalue weighted by atomic mass is 35.5. The van der Waals surface area contributed by atoms with Crippen LogP contribution in [0.1, 0.15) is 16.9 Å². The molecule has 0 atom stereocenters. The van der Waals surface area contributed by atoms with Crippen molar-refractivity contribution in [3.05, 3.63) is 82.8 Å². The smallest absolute Gasteiger partial charge is 0.234 e. The van der Waals surface area contributed by atoms with Crippen molar-refractivity contribution in [1.29, 1.82) is 0 Å². The van der Waals surface area contributed by atoms with E-state index in [0.717, 1.165) is 28.4 Å². The number of aromatic nitrogens is 3. The second-order valence-corrected chi connectivity index (χ2v) is 8.51. The minimum atomic E-state index is -0.125. The lowest BCUT2D eigenvalue weighted by Gasteiger charge is -2.10. The lowest BCUT2D eigenvalue weighted by atomic mass is 10.1. The molecule has 0 bridgehead atoms. The predicted octanol–water partition coefficient (Wildman–Crippen LogP) is 5.59. The van der Waals surface area contributed by atoms with Crippen LogP contribution >= 0.6 is 23.4 Å². The van der Waals surface area contributed by atoms with Crippen molar-refractivity contribution in [2.24, 2.45) is 0 Å². The van der Waals surface area contributed by atoms with Gasteiger partial charge in [-0.15, -0.1) is 10.2 Å². The number of carbonyl (C=O) groups is 1. The van der Waals surface area contributed by atoms with Crippen LogP contribution in [-0.2, 0) is 11.3 Å². The maximum absolute atomic E-state index is 12.5. The average Bonchev–Trinajstić information content (AvgIpc) is 3.40. The van der Waals surface area contributed by atoms with Crippen LogP contribution in [0.25, 0.3) is 11.4 Å². The van der Waals surface area contributed by atoms with Gasteiger partial charge < -0.3 is 9.73 Å². The van der Waals surface area contributed by atoms with E-state index >= 15 is 0 Å². The quantitative estimate of drug-likeness (QED) is 0.370. The third-order valence-corrected chi connectivity index (χ3v) is 5.92. The Morgan fingerprint density at radius 2 is 1.94 bits per heavy atom. The molecule has 8 heteroatoms. The fourth-order valence-electron chi connectivity index (χ4n) is 3.10. The third kappa shape index (κ3) is 5.18. The maximum atomic E-state index is 12.5. The molecule has 0 aliphatic carbocycles. The fourth-order valence-corrected chi connectivity index (χ4v) is 4.06.